The van der Waals surface area contributed by atoms with Gasteiger partial charge >= 0.3 is 39.5 Å². The second-order valence-electron chi connectivity index (χ2n) is 33.1. The lowest BCUT2D eigenvalue weighted by Gasteiger charge is -2.21. The first kappa shape index (κ1) is 107. The van der Waals surface area contributed by atoms with Gasteiger partial charge in [-0.05, 0) is 37.5 Å². The number of esters is 4. The highest BCUT2D eigenvalue weighted by molar-refractivity contribution is 7.47. The van der Waals surface area contributed by atoms with Gasteiger partial charge in [0.25, 0.3) is 0 Å². The predicted octanol–water partition coefficient (Wildman–Crippen LogP) is 27.8. The summed E-state index contributed by atoms with van der Waals surface area (Å²) in [6.07, 6.45) is 75.2. The van der Waals surface area contributed by atoms with E-state index >= 15 is 0 Å². The summed E-state index contributed by atoms with van der Waals surface area (Å²) in [5.41, 5.74) is 0. The minimum atomic E-state index is -4.97. The molecule has 3 unspecified atom stereocenters. The summed E-state index contributed by atoms with van der Waals surface area (Å²) in [7, 11) is -9.93. The quantitative estimate of drug-likeness (QED) is 0.0222. The molecular formula is C90H176O17P2. The Bertz CT molecular complexity index is 2080. The van der Waals surface area contributed by atoms with Gasteiger partial charge in [-0.15, -0.1) is 0 Å². The molecule has 19 heteroatoms. The van der Waals surface area contributed by atoms with Crippen LogP contribution in [0.25, 0.3) is 0 Å². The SMILES string of the molecule is CCCCCCCCCCCCCCCCCCCCCCC(=O)OC[C@H](COP(=O)(O)OC[C@@H](O)COP(=O)(O)OC[C@@H](COC(=O)CCCCCCCCC(C)CC)OC(=O)CCCCCCCCCCCCCCCCCCC(C)C)OC(=O)CCCCCCCCCCCCCCCCCCCCCC. The molecule has 0 saturated heterocycles. The summed E-state index contributed by atoms with van der Waals surface area (Å²) >= 11 is 0. The van der Waals surface area contributed by atoms with Crippen LogP contribution in [0.1, 0.15) is 485 Å². The number of phosphoric ester groups is 2. The minimum Gasteiger partial charge on any atom is -0.462 e. The zero-order chi connectivity index (χ0) is 79.9. The largest absolute Gasteiger partial charge is 0.472 e. The minimum absolute atomic E-state index is 0.107. The molecule has 0 fully saturated rings. The molecule has 0 radical (unpaired) electrons. The standard InChI is InChI=1S/C90H176O17P2/c1-7-10-12-14-16-18-20-22-24-26-28-30-32-37-41-45-49-53-60-66-72-87(92)100-78-85(106-89(94)74-68-62-54-50-46-42-38-33-31-29-27-25-23-21-19-17-15-13-11-8-2)80-104-108(96,97)102-76-84(91)77-103-109(98,99)105-81-86(79-101-88(93)73-67-61-57-56-59-65-71-83(6)9-3)107-90(95)75-69-63-55-51-47-43-39-35-34-36-40-44-48-52-58-64-70-82(4)5/h82-86,91H,7-81H2,1-6H3,(H,96,97)(H,98,99)/t83?,84-,85-,86-/m1/s1. The zero-order valence-electron chi connectivity index (χ0n) is 71.9. The van der Waals surface area contributed by atoms with Crippen LogP contribution in [0.15, 0.2) is 0 Å². The van der Waals surface area contributed by atoms with Crippen molar-refractivity contribution in [1.82, 2.24) is 0 Å². The number of aliphatic hydroxyl groups is 1. The molecule has 109 heavy (non-hydrogen) atoms. The second-order valence-corrected chi connectivity index (χ2v) is 36.0. The highest BCUT2D eigenvalue weighted by Gasteiger charge is 2.31. The van der Waals surface area contributed by atoms with E-state index in [0.29, 0.717) is 25.7 Å². The first-order valence-electron chi connectivity index (χ1n) is 46.5. The highest BCUT2D eigenvalue weighted by Crippen LogP contribution is 2.45. The normalized spacial score (nSPS) is 14.0. The third kappa shape index (κ3) is 82.4. The molecule has 0 saturated carbocycles. The first-order chi connectivity index (χ1) is 52.9. The van der Waals surface area contributed by atoms with Crippen molar-refractivity contribution in [1.29, 1.82) is 0 Å². The number of carbonyl (C=O) groups excluding carboxylic acids is 4. The smallest absolute Gasteiger partial charge is 0.462 e. The first-order valence-corrected chi connectivity index (χ1v) is 49.5. The van der Waals surface area contributed by atoms with Gasteiger partial charge in [-0.3, -0.25) is 37.3 Å². The lowest BCUT2D eigenvalue weighted by Crippen LogP contribution is -2.30. The average Bonchev–Trinajstić information content (AvgIpc) is 0.901. The summed E-state index contributed by atoms with van der Waals surface area (Å²) in [5, 5.41) is 10.7. The van der Waals surface area contributed by atoms with Crippen molar-refractivity contribution in [3.05, 3.63) is 0 Å². The Balaban J connectivity index is 5.22. The van der Waals surface area contributed by atoms with Gasteiger partial charge in [0.1, 0.15) is 19.3 Å². The number of unbranched alkanes of at least 4 members (excludes halogenated alkanes) is 58. The number of rotatable bonds is 89. The van der Waals surface area contributed by atoms with Crippen molar-refractivity contribution in [2.24, 2.45) is 11.8 Å². The van der Waals surface area contributed by atoms with Crippen molar-refractivity contribution in [3.63, 3.8) is 0 Å². The third-order valence-corrected chi connectivity index (χ3v) is 23.5. The Morgan fingerprint density at radius 1 is 0.266 bits per heavy atom. The molecule has 0 aromatic rings. The van der Waals surface area contributed by atoms with Crippen LogP contribution in [0.3, 0.4) is 0 Å². The van der Waals surface area contributed by atoms with Gasteiger partial charge in [0, 0.05) is 25.7 Å². The second kappa shape index (κ2) is 81.2. The number of aliphatic hydroxyl groups excluding tert-OH is 1. The molecule has 0 rings (SSSR count). The Morgan fingerprint density at radius 3 is 0.697 bits per heavy atom. The summed E-state index contributed by atoms with van der Waals surface area (Å²) in [4.78, 5) is 73.4. The maximum atomic E-state index is 13.2. The van der Waals surface area contributed by atoms with E-state index in [4.69, 9.17) is 37.0 Å². The number of hydrogen-bond acceptors (Lipinski definition) is 15. The van der Waals surface area contributed by atoms with E-state index in [-0.39, 0.29) is 25.7 Å². The lowest BCUT2D eigenvalue weighted by molar-refractivity contribution is -0.161. The van der Waals surface area contributed by atoms with E-state index in [0.717, 1.165) is 108 Å². The fourth-order valence-corrected chi connectivity index (χ4v) is 15.7. The number of ether oxygens (including phenoxy) is 4. The lowest BCUT2D eigenvalue weighted by atomic mass is 10.00. The van der Waals surface area contributed by atoms with Gasteiger partial charge in [-0.2, -0.15) is 0 Å². The van der Waals surface area contributed by atoms with Gasteiger partial charge < -0.3 is 33.8 Å². The van der Waals surface area contributed by atoms with Gasteiger partial charge in [0.2, 0.25) is 0 Å². The van der Waals surface area contributed by atoms with Crippen LogP contribution in [0.2, 0.25) is 0 Å². The molecule has 648 valence electrons. The van der Waals surface area contributed by atoms with Crippen molar-refractivity contribution in [2.75, 3.05) is 39.6 Å². The molecule has 0 aliphatic rings. The Labute approximate surface area is 670 Å². The number of phosphoric acid groups is 2. The molecule has 0 heterocycles. The molecule has 17 nitrogen and oxygen atoms in total. The average molecular weight is 1590 g/mol. The van der Waals surface area contributed by atoms with Gasteiger partial charge in [-0.25, -0.2) is 9.13 Å². The molecule has 0 amide bonds. The third-order valence-electron chi connectivity index (χ3n) is 21.6. The van der Waals surface area contributed by atoms with Gasteiger partial charge in [-0.1, -0.05) is 433 Å². The van der Waals surface area contributed by atoms with Crippen molar-refractivity contribution < 1.29 is 80.2 Å². The van der Waals surface area contributed by atoms with E-state index < -0.39 is 97.5 Å². The highest BCUT2D eigenvalue weighted by atomic mass is 31.2. The zero-order valence-corrected chi connectivity index (χ0v) is 73.7. The Kier molecular flexibility index (Phi) is 79.8. The Hall–Kier alpha value is -1.94. The van der Waals surface area contributed by atoms with E-state index in [2.05, 4.69) is 41.5 Å². The van der Waals surface area contributed by atoms with Crippen LogP contribution in [0.5, 0.6) is 0 Å². The molecular weight excluding hydrogens is 1410 g/mol. The van der Waals surface area contributed by atoms with E-state index in [1.807, 2.05) is 0 Å². The van der Waals surface area contributed by atoms with Crippen molar-refractivity contribution in [2.45, 2.75) is 503 Å². The molecule has 6 atom stereocenters. The Morgan fingerprint density at radius 2 is 0.468 bits per heavy atom. The predicted molar refractivity (Wildman–Crippen MR) is 451 cm³/mol. The van der Waals surface area contributed by atoms with Crippen LogP contribution in [-0.2, 0) is 65.4 Å². The fourth-order valence-electron chi connectivity index (χ4n) is 14.1. The molecule has 0 spiro atoms. The fraction of sp³-hybridized carbons (Fsp3) is 0.956. The van der Waals surface area contributed by atoms with Crippen molar-refractivity contribution >= 4 is 39.5 Å². The molecule has 0 aliphatic heterocycles. The van der Waals surface area contributed by atoms with Gasteiger partial charge in [0.05, 0.1) is 26.4 Å². The maximum absolute atomic E-state index is 13.2. The monoisotopic (exact) mass is 1590 g/mol. The summed E-state index contributed by atoms with van der Waals surface area (Å²) in [6, 6.07) is 0. The molecule has 0 aliphatic carbocycles. The molecule has 0 aromatic carbocycles. The number of hydrogen-bond donors (Lipinski definition) is 3. The summed E-state index contributed by atoms with van der Waals surface area (Å²) in [6.45, 7) is 9.68. The van der Waals surface area contributed by atoms with Crippen LogP contribution < -0.4 is 0 Å². The summed E-state index contributed by atoms with van der Waals surface area (Å²) in [5.74, 6) is -0.559. The number of carbonyl (C=O) groups is 4. The topological polar surface area (TPSA) is 237 Å². The van der Waals surface area contributed by atoms with Crippen LogP contribution in [0.4, 0.5) is 0 Å². The summed E-state index contributed by atoms with van der Waals surface area (Å²) < 4.78 is 69.0. The van der Waals surface area contributed by atoms with Crippen LogP contribution >= 0.6 is 15.6 Å². The maximum Gasteiger partial charge on any atom is 0.472 e. The van der Waals surface area contributed by atoms with Crippen LogP contribution in [-0.4, -0.2) is 96.7 Å². The molecule has 0 bridgehead atoms. The van der Waals surface area contributed by atoms with Crippen LogP contribution in [0, 0.1) is 11.8 Å². The van der Waals surface area contributed by atoms with E-state index in [1.54, 1.807) is 0 Å². The van der Waals surface area contributed by atoms with E-state index in [9.17, 15) is 43.2 Å². The van der Waals surface area contributed by atoms with Crippen molar-refractivity contribution in [3.8, 4) is 0 Å². The van der Waals surface area contributed by atoms with E-state index in [1.165, 1.54) is 295 Å². The van der Waals surface area contributed by atoms with Gasteiger partial charge in [0.15, 0.2) is 12.2 Å². The molecule has 3 N–H and O–H groups in total. The molecule has 0 aromatic heterocycles.